The van der Waals surface area contributed by atoms with Crippen LogP contribution in [0.4, 0.5) is 13.2 Å². The van der Waals surface area contributed by atoms with Crippen LogP contribution in [0.5, 0.6) is 0 Å². The molecule has 0 atom stereocenters. The van der Waals surface area contributed by atoms with Crippen LogP contribution in [0.1, 0.15) is 26.3 Å². The molecular weight excluding hydrogens is 951 g/mol. The number of aromatic nitrogens is 2. The number of methoxy groups -OCH3 is 1. The average Bonchev–Trinajstić information content (AvgIpc) is 3.88. The molecule has 0 saturated carbocycles. The van der Waals surface area contributed by atoms with E-state index in [-0.39, 0.29) is 21.7 Å². The van der Waals surface area contributed by atoms with Crippen molar-refractivity contribution >= 4 is 109 Å². The van der Waals surface area contributed by atoms with E-state index >= 15 is 0 Å². The van der Waals surface area contributed by atoms with Crippen LogP contribution >= 0.6 is 96.6 Å². The van der Waals surface area contributed by atoms with E-state index < -0.39 is 23.7 Å². The van der Waals surface area contributed by atoms with Gasteiger partial charge >= 0.3 is 18.1 Å². The monoisotopic (exact) mass is 968 g/mol. The van der Waals surface area contributed by atoms with Gasteiger partial charge in [-0.15, -0.1) is 22.7 Å². The maximum absolute atomic E-state index is 13.2. The van der Waals surface area contributed by atoms with Crippen LogP contribution in [0.15, 0.2) is 106 Å². The molecule has 0 bridgehead atoms. The Bertz CT molecular complexity index is 2670. The predicted molar refractivity (Wildman–Crippen MR) is 227 cm³/mol. The number of nitrogens with zero attached hydrogens (tertiary/aromatic N) is 2. The van der Waals surface area contributed by atoms with Crippen LogP contribution < -0.4 is 0 Å². The molecule has 0 saturated heterocycles. The van der Waals surface area contributed by atoms with Gasteiger partial charge in [0.2, 0.25) is 0 Å². The molecule has 2 heterocycles. The van der Waals surface area contributed by atoms with Gasteiger partial charge in [-0.3, -0.25) is 0 Å². The van der Waals surface area contributed by atoms with Crippen molar-refractivity contribution in [3.05, 3.63) is 148 Å². The fourth-order valence-electron chi connectivity index (χ4n) is 5.31. The summed E-state index contributed by atoms with van der Waals surface area (Å²) in [5, 5.41) is 16.6. The molecule has 17 heteroatoms. The molecule has 0 aliphatic rings. The highest BCUT2D eigenvalue weighted by molar-refractivity contribution is 9.10. The van der Waals surface area contributed by atoms with Crippen molar-refractivity contribution in [3.63, 3.8) is 0 Å². The Hall–Kier alpha value is -3.98. The summed E-state index contributed by atoms with van der Waals surface area (Å²) >= 11 is 36.3. The van der Waals surface area contributed by atoms with Gasteiger partial charge in [0.25, 0.3) is 0 Å². The van der Waals surface area contributed by atoms with Gasteiger partial charge in [-0.25, -0.2) is 19.6 Å². The van der Waals surface area contributed by atoms with Gasteiger partial charge in [0.1, 0.15) is 10.0 Å². The zero-order chi connectivity index (χ0) is 41.2. The minimum atomic E-state index is -4.59. The van der Waals surface area contributed by atoms with Gasteiger partial charge < -0.3 is 9.84 Å². The second-order valence-corrected chi connectivity index (χ2v) is 16.4. The second-order valence-electron chi connectivity index (χ2n) is 11.8. The number of carbonyl (C=O) groups is 2. The van der Waals surface area contributed by atoms with Crippen molar-refractivity contribution < 1.29 is 32.6 Å². The van der Waals surface area contributed by atoms with Crippen molar-refractivity contribution in [2.24, 2.45) is 0 Å². The topological polar surface area (TPSA) is 89.4 Å². The Morgan fingerprint density at radius 2 is 1.12 bits per heavy atom. The average molecular weight is 972 g/mol. The fourth-order valence-corrected chi connectivity index (χ4v) is 8.19. The number of halogens is 9. The van der Waals surface area contributed by atoms with Crippen molar-refractivity contribution in [1.82, 2.24) is 9.97 Å². The molecule has 6 nitrogen and oxygen atoms in total. The third-order valence-corrected chi connectivity index (χ3v) is 12.4. The molecule has 5 aromatic carbocycles. The third kappa shape index (κ3) is 9.84. The summed E-state index contributed by atoms with van der Waals surface area (Å²) in [6.45, 7) is 0. The number of hydrogen-bond acceptors (Lipinski definition) is 7. The number of carbonyl (C=O) groups excluding carboxylic acids is 1. The number of aromatic carboxylic acids is 1. The van der Waals surface area contributed by atoms with Gasteiger partial charge in [-0.1, -0.05) is 88.3 Å². The molecule has 0 aliphatic carbocycles. The van der Waals surface area contributed by atoms with Crippen LogP contribution in [0.3, 0.4) is 0 Å². The van der Waals surface area contributed by atoms with Gasteiger partial charge in [0.05, 0.1) is 55.3 Å². The second kappa shape index (κ2) is 17.9. The molecule has 0 fully saturated rings. The number of alkyl halides is 3. The Morgan fingerprint density at radius 1 is 0.632 bits per heavy atom. The summed E-state index contributed by atoms with van der Waals surface area (Å²) in [5.41, 5.74) is 3.77. The van der Waals surface area contributed by atoms with Gasteiger partial charge in [0.15, 0.2) is 0 Å². The highest BCUT2D eigenvalue weighted by Crippen LogP contribution is 2.40. The molecule has 1 N–H and O–H groups in total. The van der Waals surface area contributed by atoms with E-state index in [4.69, 9.17) is 62.7 Å². The van der Waals surface area contributed by atoms with Crippen LogP contribution in [0.2, 0.25) is 25.1 Å². The zero-order valence-electron chi connectivity index (χ0n) is 28.6. The lowest BCUT2D eigenvalue weighted by Crippen LogP contribution is -2.06. The number of thiazole rings is 2. The minimum absolute atomic E-state index is 0.00871. The minimum Gasteiger partial charge on any atom is -0.478 e. The van der Waals surface area contributed by atoms with Crippen LogP contribution in [-0.4, -0.2) is 34.1 Å². The highest BCUT2D eigenvalue weighted by atomic mass is 79.9. The first kappa shape index (κ1) is 42.6. The standard InChI is InChI=1S/C23H11Cl3F3NO2S.C17H10BrCl2NO2S/c24-17-6-3-13(23(27,28)29)9-15(17)14-4-1-12(7-16(14)22(31)32)21-30-20(10-33-21)11-2-5-18(25)19(26)8-11;1-23-17(22)11-6-10(2-4-12(11)18)16-21-15(8-24-16)9-3-5-13(19)14(20)7-9/h1-10H,(H,31,32);2-8H,1H3. The molecule has 0 aliphatic heterocycles. The maximum atomic E-state index is 13.2. The SMILES string of the molecule is COC(=O)c1cc(-c2nc(-c3ccc(Cl)c(Cl)c3)cs2)ccc1Br.O=C(O)c1cc(-c2nc(-c3ccc(Cl)c(Cl)c3)cs2)ccc1-c1cc(C(F)(F)F)ccc1Cl. The largest absolute Gasteiger partial charge is 0.478 e. The van der Waals surface area contributed by atoms with Gasteiger partial charge in [0, 0.05) is 48.1 Å². The van der Waals surface area contributed by atoms with E-state index in [1.807, 2.05) is 23.6 Å². The first-order valence-electron chi connectivity index (χ1n) is 16.0. The summed E-state index contributed by atoms with van der Waals surface area (Å²) in [6.07, 6.45) is -4.59. The molecule has 290 valence electrons. The Labute approximate surface area is 364 Å². The van der Waals surface area contributed by atoms with E-state index in [1.54, 1.807) is 47.8 Å². The Balaban J connectivity index is 0.000000203. The number of carboxylic acids is 1. The number of benzene rings is 5. The van der Waals surface area contributed by atoms with Gasteiger partial charge in [-0.2, -0.15) is 13.2 Å². The molecule has 0 radical (unpaired) electrons. The number of hydrogen-bond donors (Lipinski definition) is 1. The highest BCUT2D eigenvalue weighted by Gasteiger charge is 2.31. The zero-order valence-corrected chi connectivity index (χ0v) is 35.6. The number of rotatable bonds is 7. The van der Waals surface area contributed by atoms with Crippen molar-refractivity contribution in [2.45, 2.75) is 6.18 Å². The Kier molecular flexibility index (Phi) is 13.4. The predicted octanol–water partition coefficient (Wildman–Crippen LogP) is 15.2. The molecule has 7 rings (SSSR count). The number of carboxylic acid groups (broad SMARTS) is 1. The molecule has 2 aromatic heterocycles. The fraction of sp³-hybridized carbons (Fsp3) is 0.0500. The van der Waals surface area contributed by atoms with Crippen LogP contribution in [-0.2, 0) is 10.9 Å². The first-order chi connectivity index (χ1) is 27.0. The van der Waals surface area contributed by atoms with E-state index in [0.29, 0.717) is 46.4 Å². The summed E-state index contributed by atoms with van der Waals surface area (Å²) in [6, 6.07) is 23.1. The number of esters is 1. The summed E-state index contributed by atoms with van der Waals surface area (Å²) in [5.74, 6) is -1.70. The summed E-state index contributed by atoms with van der Waals surface area (Å²) in [7, 11) is 1.35. The third-order valence-electron chi connectivity index (χ3n) is 8.14. The smallest absolute Gasteiger partial charge is 0.416 e. The van der Waals surface area contributed by atoms with Crippen molar-refractivity contribution in [3.8, 4) is 54.8 Å². The number of ether oxygens (including phenoxy) is 1. The normalized spacial score (nSPS) is 11.2. The maximum Gasteiger partial charge on any atom is 0.416 e. The van der Waals surface area contributed by atoms with E-state index in [2.05, 4.69) is 25.9 Å². The first-order valence-corrected chi connectivity index (χ1v) is 20.4. The molecule has 7 aromatic rings. The Morgan fingerprint density at radius 3 is 1.61 bits per heavy atom. The molecular formula is C40H21BrCl5F3N2O4S2. The molecule has 0 amide bonds. The van der Waals surface area contributed by atoms with E-state index in [9.17, 15) is 27.9 Å². The quantitative estimate of drug-likeness (QED) is 0.160. The van der Waals surface area contributed by atoms with Crippen LogP contribution in [0.25, 0.3) is 54.8 Å². The molecule has 0 unspecified atom stereocenters. The summed E-state index contributed by atoms with van der Waals surface area (Å²) < 4.78 is 45.0. The molecule has 0 spiro atoms. The van der Waals surface area contributed by atoms with E-state index in [1.165, 1.54) is 41.9 Å². The lowest BCUT2D eigenvalue weighted by Gasteiger charge is -2.13. The van der Waals surface area contributed by atoms with Crippen molar-refractivity contribution in [1.29, 1.82) is 0 Å². The van der Waals surface area contributed by atoms with Crippen molar-refractivity contribution in [2.75, 3.05) is 7.11 Å². The lowest BCUT2D eigenvalue weighted by molar-refractivity contribution is -0.137. The molecule has 57 heavy (non-hydrogen) atoms. The van der Waals surface area contributed by atoms with Crippen LogP contribution in [0, 0.1) is 0 Å². The van der Waals surface area contributed by atoms with Gasteiger partial charge in [-0.05, 0) is 82.2 Å². The van der Waals surface area contributed by atoms with E-state index in [0.717, 1.165) is 45.6 Å². The summed E-state index contributed by atoms with van der Waals surface area (Å²) in [4.78, 5) is 32.9. The lowest BCUT2D eigenvalue weighted by atomic mass is 9.96.